The topological polar surface area (TPSA) is 70.2 Å². The lowest BCUT2D eigenvalue weighted by molar-refractivity contribution is 0.0938. The maximum atomic E-state index is 12.7. The molecule has 0 unspecified atom stereocenters. The predicted molar refractivity (Wildman–Crippen MR) is 81.4 cm³/mol. The Morgan fingerprint density at radius 2 is 1.76 bits per heavy atom. The predicted octanol–water partition coefficient (Wildman–Crippen LogP) is 1.84. The minimum Gasteiger partial charge on any atom is -0.298 e. The molecule has 1 aromatic carbocycles. The van der Waals surface area contributed by atoms with Gasteiger partial charge in [-0.25, -0.2) is 4.39 Å². The van der Waals surface area contributed by atoms with Crippen molar-refractivity contribution in [2.75, 3.05) is 0 Å². The molecule has 0 saturated heterocycles. The monoisotopic (exact) mass is 323 g/mol. The second-order valence-electron chi connectivity index (χ2n) is 3.85. The number of hydrogen-bond acceptors (Lipinski definition) is 4. The molecule has 21 heavy (non-hydrogen) atoms. The van der Waals surface area contributed by atoms with E-state index >= 15 is 0 Å². The molecule has 0 bridgehead atoms. The molecule has 8 heteroatoms. The highest BCUT2D eigenvalue weighted by molar-refractivity contribution is 7.80. The van der Waals surface area contributed by atoms with Crippen molar-refractivity contribution >= 4 is 40.5 Å². The van der Waals surface area contributed by atoms with Gasteiger partial charge in [0.1, 0.15) is 5.82 Å². The van der Waals surface area contributed by atoms with Crippen LogP contribution in [-0.2, 0) is 0 Å². The lowest BCUT2D eigenvalue weighted by Crippen LogP contribution is -2.48. The summed E-state index contributed by atoms with van der Waals surface area (Å²) in [6, 6.07) is 8.40. The summed E-state index contributed by atoms with van der Waals surface area (Å²) >= 11 is 6.15. The normalized spacial score (nSPS) is 9.76. The molecule has 5 nitrogen and oxygen atoms in total. The molecule has 0 aliphatic carbocycles. The Hall–Kier alpha value is -2.32. The molecule has 0 aliphatic heterocycles. The first-order chi connectivity index (χ1) is 10.1. The number of rotatable bonds is 2. The summed E-state index contributed by atoms with van der Waals surface area (Å²) in [6.07, 6.45) is 0. The van der Waals surface area contributed by atoms with Crippen LogP contribution < -0.4 is 16.2 Å². The summed E-state index contributed by atoms with van der Waals surface area (Å²) in [5, 5.41) is 4.07. The van der Waals surface area contributed by atoms with E-state index < -0.39 is 11.7 Å². The summed E-state index contributed by atoms with van der Waals surface area (Å²) < 4.78 is 12.7. The standard InChI is InChI=1S/C13H10FN3O2S2/c14-9-5-3-8(4-6-9)11(18)15-13(20)17-16-12(19)10-2-1-7-21-10/h1-7H,(H,16,19)(H2,15,17,18,20). The summed E-state index contributed by atoms with van der Waals surface area (Å²) in [7, 11) is 0. The van der Waals surface area contributed by atoms with Crippen molar-refractivity contribution in [2.45, 2.75) is 0 Å². The van der Waals surface area contributed by atoms with Crippen LogP contribution in [0.4, 0.5) is 4.39 Å². The molecule has 0 atom stereocenters. The van der Waals surface area contributed by atoms with E-state index in [4.69, 9.17) is 12.2 Å². The van der Waals surface area contributed by atoms with E-state index in [-0.39, 0.29) is 16.6 Å². The van der Waals surface area contributed by atoms with Crippen molar-refractivity contribution in [3.05, 3.63) is 58.0 Å². The molecule has 0 fully saturated rings. The minimum atomic E-state index is -0.502. The maximum Gasteiger partial charge on any atom is 0.279 e. The van der Waals surface area contributed by atoms with E-state index in [2.05, 4.69) is 16.2 Å². The van der Waals surface area contributed by atoms with Crippen molar-refractivity contribution in [1.82, 2.24) is 16.2 Å². The van der Waals surface area contributed by atoms with Gasteiger partial charge in [0.05, 0.1) is 4.88 Å². The molecule has 0 aliphatic rings. The largest absolute Gasteiger partial charge is 0.298 e. The molecular formula is C13H10FN3O2S2. The summed E-state index contributed by atoms with van der Waals surface area (Å²) in [5.41, 5.74) is 5.03. The summed E-state index contributed by atoms with van der Waals surface area (Å²) in [6.45, 7) is 0. The molecule has 2 amide bonds. The van der Waals surface area contributed by atoms with Crippen LogP contribution in [0, 0.1) is 5.82 Å². The van der Waals surface area contributed by atoms with Crippen molar-refractivity contribution in [2.24, 2.45) is 0 Å². The highest BCUT2D eigenvalue weighted by Crippen LogP contribution is 2.07. The molecule has 108 valence electrons. The number of amides is 2. The lowest BCUT2D eigenvalue weighted by atomic mass is 10.2. The molecule has 2 aromatic rings. The van der Waals surface area contributed by atoms with Crippen LogP contribution in [0.3, 0.4) is 0 Å². The smallest absolute Gasteiger partial charge is 0.279 e. The van der Waals surface area contributed by atoms with E-state index in [1.165, 1.54) is 35.6 Å². The number of thiocarbonyl (C=S) groups is 1. The van der Waals surface area contributed by atoms with E-state index in [9.17, 15) is 14.0 Å². The van der Waals surface area contributed by atoms with E-state index in [0.29, 0.717) is 4.88 Å². The van der Waals surface area contributed by atoms with Crippen LogP contribution in [0.5, 0.6) is 0 Å². The molecule has 0 radical (unpaired) electrons. The van der Waals surface area contributed by atoms with E-state index in [1.807, 2.05) is 0 Å². The zero-order valence-electron chi connectivity index (χ0n) is 10.6. The molecule has 2 rings (SSSR count). The maximum absolute atomic E-state index is 12.7. The molecule has 3 N–H and O–H groups in total. The zero-order valence-corrected chi connectivity index (χ0v) is 12.2. The fraction of sp³-hybridized carbons (Fsp3) is 0. The Kier molecular flexibility index (Phi) is 4.96. The van der Waals surface area contributed by atoms with Gasteiger partial charge in [-0.1, -0.05) is 6.07 Å². The van der Waals surface area contributed by atoms with E-state index in [0.717, 1.165) is 0 Å². The Labute approximate surface area is 129 Å². The Bertz CT molecular complexity index is 657. The molecule has 0 saturated carbocycles. The Morgan fingerprint density at radius 3 is 2.38 bits per heavy atom. The molecule has 1 heterocycles. The third-order valence-corrected chi connectivity index (χ3v) is 3.44. The number of thiophene rings is 1. The number of carbonyl (C=O) groups excluding carboxylic acids is 2. The van der Waals surface area contributed by atoms with Gasteiger partial charge in [-0.3, -0.25) is 25.8 Å². The molecule has 0 spiro atoms. The number of carbonyl (C=O) groups is 2. The first-order valence-corrected chi connectivity index (χ1v) is 7.06. The van der Waals surface area contributed by atoms with Gasteiger partial charge in [-0.2, -0.15) is 0 Å². The average Bonchev–Trinajstić information content (AvgIpc) is 2.99. The average molecular weight is 323 g/mol. The fourth-order valence-corrected chi connectivity index (χ4v) is 2.15. The van der Waals surface area contributed by atoms with Gasteiger partial charge in [0, 0.05) is 5.56 Å². The van der Waals surface area contributed by atoms with Crippen LogP contribution >= 0.6 is 23.6 Å². The van der Waals surface area contributed by atoms with Gasteiger partial charge >= 0.3 is 0 Å². The van der Waals surface area contributed by atoms with Gasteiger partial charge in [0.2, 0.25) is 0 Å². The van der Waals surface area contributed by atoms with Gasteiger partial charge in [-0.15, -0.1) is 11.3 Å². The number of halogens is 1. The van der Waals surface area contributed by atoms with Crippen LogP contribution in [0.15, 0.2) is 41.8 Å². The van der Waals surface area contributed by atoms with Gasteiger partial charge in [0.15, 0.2) is 5.11 Å². The number of hydrazine groups is 1. The van der Waals surface area contributed by atoms with Crippen molar-refractivity contribution in [3.63, 3.8) is 0 Å². The quantitative estimate of drug-likeness (QED) is 0.583. The first kappa shape index (κ1) is 15.1. The Morgan fingerprint density at radius 1 is 1.05 bits per heavy atom. The van der Waals surface area contributed by atoms with Crippen LogP contribution in [0.1, 0.15) is 20.0 Å². The number of benzene rings is 1. The second-order valence-corrected chi connectivity index (χ2v) is 5.20. The van der Waals surface area contributed by atoms with Crippen LogP contribution in [0.2, 0.25) is 0 Å². The molecular weight excluding hydrogens is 313 g/mol. The fourth-order valence-electron chi connectivity index (χ4n) is 1.39. The highest BCUT2D eigenvalue weighted by Gasteiger charge is 2.09. The second kappa shape index (κ2) is 6.91. The van der Waals surface area contributed by atoms with Crippen molar-refractivity contribution in [1.29, 1.82) is 0 Å². The van der Waals surface area contributed by atoms with Gasteiger partial charge < -0.3 is 0 Å². The van der Waals surface area contributed by atoms with Crippen LogP contribution in [0.25, 0.3) is 0 Å². The molecule has 1 aromatic heterocycles. The zero-order chi connectivity index (χ0) is 15.2. The van der Waals surface area contributed by atoms with Crippen molar-refractivity contribution < 1.29 is 14.0 Å². The SMILES string of the molecule is O=C(NC(=S)NNC(=O)c1cccs1)c1ccc(F)cc1. The van der Waals surface area contributed by atoms with Crippen molar-refractivity contribution in [3.8, 4) is 0 Å². The summed E-state index contributed by atoms with van der Waals surface area (Å²) in [5.74, 6) is -1.29. The van der Waals surface area contributed by atoms with Gasteiger partial charge in [0.25, 0.3) is 11.8 Å². The van der Waals surface area contributed by atoms with Gasteiger partial charge in [-0.05, 0) is 47.9 Å². The minimum absolute atomic E-state index is 0.0609. The van der Waals surface area contributed by atoms with Crippen LogP contribution in [-0.4, -0.2) is 16.9 Å². The van der Waals surface area contributed by atoms with E-state index in [1.54, 1.807) is 17.5 Å². The third kappa shape index (κ3) is 4.33. The number of hydrogen-bond donors (Lipinski definition) is 3. The highest BCUT2D eigenvalue weighted by atomic mass is 32.1. The number of nitrogens with one attached hydrogen (secondary N) is 3. The Balaban J connectivity index is 1.83. The first-order valence-electron chi connectivity index (χ1n) is 5.77. The third-order valence-electron chi connectivity index (χ3n) is 2.37. The lowest BCUT2D eigenvalue weighted by Gasteiger charge is -2.10. The summed E-state index contributed by atoms with van der Waals surface area (Å²) in [4.78, 5) is 23.9.